The summed E-state index contributed by atoms with van der Waals surface area (Å²) in [6.45, 7) is 26.7. The molecule has 2 aromatic heterocycles. The number of nitrogens with zero attached hydrogens (tertiary/aromatic N) is 2. The molecule has 2 heterocycles. The first kappa shape index (κ1) is 46.8. The smallest absolute Gasteiger partial charge is 0.0541 e. The lowest BCUT2D eigenvalue weighted by molar-refractivity contribution is 1.18. The highest BCUT2D eigenvalue weighted by molar-refractivity contribution is 6.13. The molecule has 2 nitrogen and oxygen atoms in total. The van der Waals surface area contributed by atoms with Gasteiger partial charge in [0.15, 0.2) is 0 Å². The first-order chi connectivity index (χ1) is 35.6. The van der Waals surface area contributed by atoms with Crippen LogP contribution in [0.15, 0.2) is 170 Å². The normalized spacial score (nSPS) is 11.8. The number of aryl methyl sites for hydroxylation is 12. The van der Waals surface area contributed by atoms with Crippen LogP contribution in [0.1, 0.15) is 66.8 Å². The summed E-state index contributed by atoms with van der Waals surface area (Å²) in [5.41, 5.74) is 35.5. The summed E-state index contributed by atoms with van der Waals surface area (Å²) in [7, 11) is 0. The van der Waals surface area contributed by atoms with Crippen LogP contribution in [0.4, 0.5) is 0 Å². The van der Waals surface area contributed by atoms with Gasteiger partial charge in [0.05, 0.1) is 22.1 Å². The Kier molecular flexibility index (Phi) is 11.3. The lowest BCUT2D eigenvalue weighted by Gasteiger charge is -2.14. The van der Waals surface area contributed by atoms with E-state index >= 15 is 0 Å². The molecule has 10 aromatic carbocycles. The Morgan fingerprint density at radius 2 is 0.392 bits per heavy atom. The molecular weight excluding hydrogens is 893 g/mol. The number of hydrogen-bond acceptors (Lipinski definition) is 0. The number of rotatable bonds is 7. The van der Waals surface area contributed by atoms with Crippen molar-refractivity contribution in [3.8, 4) is 67.0 Å². The molecule has 0 aliphatic rings. The van der Waals surface area contributed by atoms with Gasteiger partial charge in [-0.15, -0.1) is 0 Å². The van der Waals surface area contributed by atoms with Gasteiger partial charge in [0.1, 0.15) is 0 Å². The summed E-state index contributed by atoms with van der Waals surface area (Å²) in [4.78, 5) is 0. The van der Waals surface area contributed by atoms with E-state index < -0.39 is 0 Å². The van der Waals surface area contributed by atoms with Crippen molar-refractivity contribution in [2.45, 2.75) is 83.1 Å². The van der Waals surface area contributed by atoms with Gasteiger partial charge in [0, 0.05) is 32.9 Å². The van der Waals surface area contributed by atoms with Crippen molar-refractivity contribution in [3.63, 3.8) is 0 Å². The predicted molar refractivity (Wildman–Crippen MR) is 319 cm³/mol. The van der Waals surface area contributed by atoms with Gasteiger partial charge in [0.25, 0.3) is 0 Å². The second-order valence-corrected chi connectivity index (χ2v) is 21.8. The number of aromatic nitrogens is 2. The summed E-state index contributed by atoms with van der Waals surface area (Å²) in [5, 5.41) is 5.05. The lowest BCUT2D eigenvalue weighted by atomic mass is 9.91. The number of hydrogen-bond donors (Lipinski definition) is 0. The van der Waals surface area contributed by atoms with Crippen molar-refractivity contribution in [2.75, 3.05) is 0 Å². The fourth-order valence-electron chi connectivity index (χ4n) is 13.4. The fraction of sp³-hybridized carbons (Fsp3) is 0.167. The molecule has 0 amide bonds. The maximum Gasteiger partial charge on any atom is 0.0541 e. The molecule has 0 aliphatic carbocycles. The summed E-state index contributed by atoms with van der Waals surface area (Å²) in [6, 6.07) is 65.2. The van der Waals surface area contributed by atoms with E-state index in [0.717, 1.165) is 11.4 Å². The van der Waals surface area contributed by atoms with Crippen LogP contribution in [-0.4, -0.2) is 9.13 Å². The molecule has 0 aliphatic heterocycles. The second kappa shape index (κ2) is 17.8. The predicted octanol–water partition coefficient (Wildman–Crippen LogP) is 19.9. The maximum absolute atomic E-state index is 2.46. The lowest BCUT2D eigenvalue weighted by Crippen LogP contribution is -1.95. The molecule has 12 rings (SSSR count). The Labute approximate surface area is 437 Å². The Morgan fingerprint density at radius 1 is 0.203 bits per heavy atom. The minimum Gasteiger partial charge on any atom is -0.309 e. The van der Waals surface area contributed by atoms with Crippen LogP contribution >= 0.6 is 0 Å². The molecule has 0 bridgehead atoms. The molecule has 0 saturated carbocycles. The number of benzene rings is 10. The SMILES string of the molecule is Cc1cc(C)c(-c2ccc3c(c2)c2cc(-c4c(C)cc(C)cc4C)ccc2n3-c2ccc(-c3ccc(-n4c5ccc(-c6c(C)cc(C)cc6C)cc5c5cc(-c6c(C)cc(C)cc6C)ccc54)cc3)cc2)c(C)c1. The van der Waals surface area contributed by atoms with Crippen molar-refractivity contribution < 1.29 is 0 Å². The van der Waals surface area contributed by atoms with Crippen LogP contribution in [0.3, 0.4) is 0 Å². The molecule has 2 heteroatoms. The molecule has 0 atom stereocenters. The van der Waals surface area contributed by atoms with Crippen molar-refractivity contribution in [3.05, 3.63) is 237 Å². The summed E-state index contributed by atoms with van der Waals surface area (Å²) >= 11 is 0. The summed E-state index contributed by atoms with van der Waals surface area (Å²) in [5.74, 6) is 0. The zero-order valence-corrected chi connectivity index (χ0v) is 45.1. The highest BCUT2D eigenvalue weighted by Crippen LogP contribution is 2.43. The van der Waals surface area contributed by atoms with E-state index in [1.54, 1.807) is 0 Å². The minimum absolute atomic E-state index is 1.15. The van der Waals surface area contributed by atoms with E-state index in [1.165, 1.54) is 166 Å². The third kappa shape index (κ3) is 7.78. The number of fused-ring (bicyclic) bond motifs is 6. The first-order valence-electron chi connectivity index (χ1n) is 26.3. The van der Waals surface area contributed by atoms with Crippen molar-refractivity contribution in [1.82, 2.24) is 9.13 Å². The summed E-state index contributed by atoms with van der Waals surface area (Å²) in [6.07, 6.45) is 0. The van der Waals surface area contributed by atoms with Crippen LogP contribution in [0.2, 0.25) is 0 Å². The monoisotopic (exact) mass is 957 g/mol. The zero-order chi connectivity index (χ0) is 51.4. The van der Waals surface area contributed by atoms with Gasteiger partial charge in [-0.1, -0.05) is 119 Å². The van der Waals surface area contributed by atoms with Gasteiger partial charge in [-0.25, -0.2) is 0 Å². The maximum atomic E-state index is 2.46. The quantitative estimate of drug-likeness (QED) is 0.151. The van der Waals surface area contributed by atoms with Crippen LogP contribution in [0.5, 0.6) is 0 Å². The Morgan fingerprint density at radius 3 is 0.595 bits per heavy atom. The van der Waals surface area contributed by atoms with Crippen LogP contribution in [0.25, 0.3) is 111 Å². The molecular formula is C72H64N2. The first-order valence-corrected chi connectivity index (χ1v) is 26.3. The molecule has 0 unspecified atom stereocenters. The van der Waals surface area contributed by atoms with Crippen LogP contribution in [0, 0.1) is 83.1 Å². The summed E-state index contributed by atoms with van der Waals surface area (Å²) < 4.78 is 4.91. The average Bonchev–Trinajstić information content (AvgIpc) is 3.85. The van der Waals surface area contributed by atoms with Gasteiger partial charge in [-0.3, -0.25) is 0 Å². The van der Waals surface area contributed by atoms with E-state index in [-0.39, 0.29) is 0 Å². The molecule has 0 spiro atoms. The molecule has 74 heavy (non-hydrogen) atoms. The largest absolute Gasteiger partial charge is 0.309 e. The zero-order valence-electron chi connectivity index (χ0n) is 45.1. The van der Waals surface area contributed by atoms with E-state index in [2.05, 4.69) is 262 Å². The van der Waals surface area contributed by atoms with Gasteiger partial charge in [-0.05, 0) is 256 Å². The van der Waals surface area contributed by atoms with E-state index in [1.807, 2.05) is 0 Å². The molecule has 0 fully saturated rings. The van der Waals surface area contributed by atoms with Crippen LogP contribution in [-0.2, 0) is 0 Å². The molecule has 0 N–H and O–H groups in total. The highest BCUT2D eigenvalue weighted by Gasteiger charge is 2.20. The Hall–Kier alpha value is -8.20. The van der Waals surface area contributed by atoms with Gasteiger partial charge in [-0.2, -0.15) is 0 Å². The standard InChI is InChI=1S/C72H64N2/c1-41-29-45(5)69(46(6)30-41)55-17-25-65-61(37-55)62-38-56(70-47(7)31-42(2)32-48(70)8)18-26-66(62)73(65)59-21-13-53(14-22-59)54-15-23-60(24-16-54)74-67-27-19-57(71-49(9)33-43(3)34-50(71)10)39-63(67)64-40-58(20-28-68(64)74)72-51(11)35-44(4)36-52(72)12/h13-40H,1-12H3. The molecule has 0 saturated heterocycles. The average molecular weight is 957 g/mol. The molecule has 0 radical (unpaired) electrons. The third-order valence-corrected chi connectivity index (χ3v) is 16.0. The van der Waals surface area contributed by atoms with E-state index in [9.17, 15) is 0 Å². The van der Waals surface area contributed by atoms with Crippen molar-refractivity contribution in [1.29, 1.82) is 0 Å². The second-order valence-electron chi connectivity index (χ2n) is 21.8. The highest BCUT2D eigenvalue weighted by atomic mass is 15.0. The van der Waals surface area contributed by atoms with Gasteiger partial charge in [0.2, 0.25) is 0 Å². The van der Waals surface area contributed by atoms with Gasteiger partial charge >= 0.3 is 0 Å². The van der Waals surface area contributed by atoms with E-state index in [0.29, 0.717) is 0 Å². The van der Waals surface area contributed by atoms with Crippen LogP contribution < -0.4 is 0 Å². The topological polar surface area (TPSA) is 9.86 Å². The molecule has 12 aromatic rings. The fourth-order valence-corrected chi connectivity index (χ4v) is 13.4. The Bertz CT molecular complexity index is 3680. The van der Waals surface area contributed by atoms with Gasteiger partial charge < -0.3 is 9.13 Å². The van der Waals surface area contributed by atoms with E-state index in [4.69, 9.17) is 0 Å². The van der Waals surface area contributed by atoms with Crippen molar-refractivity contribution >= 4 is 43.6 Å². The van der Waals surface area contributed by atoms with Crippen molar-refractivity contribution in [2.24, 2.45) is 0 Å². The minimum atomic E-state index is 1.15. The Balaban J connectivity index is 0.952. The molecule has 362 valence electrons. The third-order valence-electron chi connectivity index (χ3n) is 16.0.